The van der Waals surface area contributed by atoms with Gasteiger partial charge in [0.15, 0.2) is 6.61 Å². The fourth-order valence-electron chi connectivity index (χ4n) is 3.91. The Morgan fingerprint density at radius 2 is 1.76 bits per heavy atom. The van der Waals surface area contributed by atoms with Crippen LogP contribution in [-0.4, -0.2) is 48.8 Å². The number of rotatable bonds is 7. The van der Waals surface area contributed by atoms with Crippen LogP contribution in [0, 0.1) is 13.8 Å². The van der Waals surface area contributed by atoms with Crippen LogP contribution in [0.25, 0.3) is 0 Å². The van der Waals surface area contributed by atoms with Crippen molar-refractivity contribution in [3.63, 3.8) is 0 Å². The van der Waals surface area contributed by atoms with Crippen molar-refractivity contribution in [2.45, 2.75) is 66.2 Å². The van der Waals surface area contributed by atoms with Gasteiger partial charge < -0.3 is 14.5 Å². The molecule has 1 amide bonds. The lowest BCUT2D eigenvalue weighted by Gasteiger charge is -2.20. The molecule has 0 fully saturated rings. The van der Waals surface area contributed by atoms with Gasteiger partial charge in [0.1, 0.15) is 0 Å². The second-order valence-electron chi connectivity index (χ2n) is 8.41. The number of aryl methyl sites for hydroxylation is 2. The molecule has 2 rings (SSSR count). The van der Waals surface area contributed by atoms with Gasteiger partial charge >= 0.3 is 5.97 Å². The van der Waals surface area contributed by atoms with Crippen molar-refractivity contribution >= 4 is 17.6 Å². The average Bonchev–Trinajstić information content (AvgIpc) is 2.76. The van der Waals surface area contributed by atoms with Gasteiger partial charge in [-0.15, -0.1) is 0 Å². The second kappa shape index (κ2) is 14.3. The zero-order valence-corrected chi connectivity index (χ0v) is 20.6. The van der Waals surface area contributed by atoms with Crippen LogP contribution in [0.2, 0.25) is 0 Å². The molecular formula is C27H38N2O4. The van der Waals surface area contributed by atoms with E-state index in [-0.39, 0.29) is 18.5 Å². The van der Waals surface area contributed by atoms with E-state index in [2.05, 4.69) is 31.2 Å². The number of cyclic esters (lactones) is 1. The number of amides is 1. The van der Waals surface area contributed by atoms with Gasteiger partial charge in [0.05, 0.1) is 17.9 Å². The lowest BCUT2D eigenvalue weighted by Crippen LogP contribution is -2.35. The van der Waals surface area contributed by atoms with Gasteiger partial charge in [-0.05, 0) is 63.2 Å². The molecule has 1 aromatic carbocycles. The predicted octanol–water partition coefficient (Wildman–Crippen LogP) is 5.32. The highest BCUT2D eigenvalue weighted by atomic mass is 16.6. The number of carbonyl (C=O) groups is 2. The van der Waals surface area contributed by atoms with E-state index in [4.69, 9.17) is 9.57 Å². The van der Waals surface area contributed by atoms with Gasteiger partial charge in [0.2, 0.25) is 0 Å². The Hall–Kier alpha value is -2.89. The van der Waals surface area contributed by atoms with E-state index in [1.54, 1.807) is 0 Å². The van der Waals surface area contributed by atoms with Crippen molar-refractivity contribution in [2.24, 2.45) is 5.16 Å². The minimum absolute atomic E-state index is 0.0614. The SMILES string of the molecule is CCCN(CCC)C(=O)CO/N=C1\C=C\CC/C=C/CCOC(=O)c2c(C)cc(C)cc2C1. The minimum atomic E-state index is -0.317. The molecule has 180 valence electrons. The lowest BCUT2D eigenvalue weighted by atomic mass is 9.95. The zero-order valence-electron chi connectivity index (χ0n) is 20.6. The molecule has 0 bridgehead atoms. The molecule has 1 aliphatic rings. The number of hydrogen-bond acceptors (Lipinski definition) is 5. The molecule has 0 N–H and O–H groups in total. The maximum Gasteiger partial charge on any atom is 0.338 e. The van der Waals surface area contributed by atoms with E-state index in [1.165, 1.54) is 0 Å². The maximum absolute atomic E-state index is 12.8. The van der Waals surface area contributed by atoms with Crippen molar-refractivity contribution in [3.05, 3.63) is 58.7 Å². The highest BCUT2D eigenvalue weighted by Gasteiger charge is 2.18. The van der Waals surface area contributed by atoms with Gasteiger partial charge in [0.25, 0.3) is 5.91 Å². The van der Waals surface area contributed by atoms with Gasteiger partial charge in [-0.25, -0.2) is 4.79 Å². The lowest BCUT2D eigenvalue weighted by molar-refractivity contribution is -0.136. The Kier molecular flexibility index (Phi) is 11.4. The van der Waals surface area contributed by atoms with Crippen LogP contribution < -0.4 is 0 Å². The number of carbonyl (C=O) groups excluding carboxylic acids is 2. The third-order valence-corrected chi connectivity index (χ3v) is 5.34. The van der Waals surface area contributed by atoms with Gasteiger partial charge in [0, 0.05) is 19.5 Å². The van der Waals surface area contributed by atoms with Crippen molar-refractivity contribution in [1.29, 1.82) is 0 Å². The first kappa shape index (κ1) is 26.4. The third kappa shape index (κ3) is 8.87. The summed E-state index contributed by atoms with van der Waals surface area (Å²) < 4.78 is 5.52. The molecule has 0 aromatic heterocycles. The number of ether oxygens (including phenoxy) is 1. The number of hydrogen-bond donors (Lipinski definition) is 0. The fourth-order valence-corrected chi connectivity index (χ4v) is 3.91. The Morgan fingerprint density at radius 3 is 2.48 bits per heavy atom. The molecule has 0 radical (unpaired) electrons. The first-order valence-electron chi connectivity index (χ1n) is 12.0. The number of oxime groups is 1. The monoisotopic (exact) mass is 454 g/mol. The van der Waals surface area contributed by atoms with Gasteiger partial charge in [-0.2, -0.15) is 0 Å². The Balaban J connectivity index is 2.27. The Bertz CT molecular complexity index is 880. The third-order valence-electron chi connectivity index (χ3n) is 5.34. The van der Waals surface area contributed by atoms with Crippen LogP contribution in [-0.2, 0) is 20.8 Å². The molecule has 0 spiro atoms. The quantitative estimate of drug-likeness (QED) is 0.318. The van der Waals surface area contributed by atoms with Crippen molar-refractivity contribution in [2.75, 3.05) is 26.3 Å². The largest absolute Gasteiger partial charge is 0.462 e. The van der Waals surface area contributed by atoms with Crippen LogP contribution >= 0.6 is 0 Å². The number of fused-ring (bicyclic) bond motifs is 1. The summed E-state index contributed by atoms with van der Waals surface area (Å²) in [6.45, 7) is 9.73. The number of esters is 1. The molecule has 1 heterocycles. The smallest absolute Gasteiger partial charge is 0.338 e. The Labute approximate surface area is 198 Å². The van der Waals surface area contributed by atoms with Crippen LogP contribution in [0.3, 0.4) is 0 Å². The number of nitrogens with zero attached hydrogens (tertiary/aromatic N) is 2. The molecule has 0 atom stereocenters. The molecule has 6 heteroatoms. The molecule has 1 aromatic rings. The van der Waals surface area contributed by atoms with E-state index in [1.807, 2.05) is 43.0 Å². The van der Waals surface area contributed by atoms with Crippen molar-refractivity contribution in [1.82, 2.24) is 4.90 Å². The Morgan fingerprint density at radius 1 is 1.06 bits per heavy atom. The zero-order chi connectivity index (χ0) is 24.1. The topological polar surface area (TPSA) is 68.2 Å². The van der Waals surface area contributed by atoms with E-state index in [0.717, 1.165) is 42.4 Å². The van der Waals surface area contributed by atoms with E-state index >= 15 is 0 Å². The van der Waals surface area contributed by atoms with Crippen molar-refractivity contribution < 1.29 is 19.2 Å². The first-order chi connectivity index (χ1) is 16.0. The summed E-state index contributed by atoms with van der Waals surface area (Å²) in [7, 11) is 0. The standard InChI is InChI=1S/C27H38N2O4/c1-5-14-29(15-6-2)25(30)20-33-28-24-13-11-9-7-8-10-12-16-32-27(31)26-22(4)17-21(3)18-23(26)19-24/h8,10-11,13,17-18H,5-7,9,12,14-16,19-20H2,1-4H3/b10-8+,13-11+,28-24+. The summed E-state index contributed by atoms with van der Waals surface area (Å²) in [5, 5.41) is 4.29. The summed E-state index contributed by atoms with van der Waals surface area (Å²) in [6.07, 6.45) is 12.8. The first-order valence-corrected chi connectivity index (χ1v) is 12.0. The minimum Gasteiger partial charge on any atom is -0.462 e. The van der Waals surface area contributed by atoms with Gasteiger partial charge in [-0.1, -0.05) is 54.9 Å². The highest BCUT2D eigenvalue weighted by molar-refractivity contribution is 6.00. The van der Waals surface area contributed by atoms with Crippen LogP contribution in [0.4, 0.5) is 0 Å². The van der Waals surface area contributed by atoms with E-state index in [0.29, 0.717) is 43.8 Å². The van der Waals surface area contributed by atoms with E-state index in [9.17, 15) is 9.59 Å². The van der Waals surface area contributed by atoms with E-state index < -0.39 is 0 Å². The average molecular weight is 455 g/mol. The predicted molar refractivity (Wildman–Crippen MR) is 133 cm³/mol. The molecule has 0 aliphatic carbocycles. The number of allylic oxidation sites excluding steroid dienone is 3. The number of benzene rings is 1. The normalized spacial score (nSPS) is 18.1. The molecule has 0 unspecified atom stereocenters. The molecule has 1 aliphatic heterocycles. The highest BCUT2D eigenvalue weighted by Crippen LogP contribution is 2.20. The van der Waals surface area contributed by atoms with Crippen LogP contribution in [0.1, 0.15) is 73.0 Å². The summed E-state index contributed by atoms with van der Waals surface area (Å²) in [5.41, 5.74) is 4.04. The molecular weight excluding hydrogens is 416 g/mol. The van der Waals surface area contributed by atoms with Crippen LogP contribution in [0.15, 0.2) is 41.6 Å². The summed E-state index contributed by atoms with van der Waals surface area (Å²) in [4.78, 5) is 32.7. The molecule has 0 saturated carbocycles. The maximum atomic E-state index is 12.8. The summed E-state index contributed by atoms with van der Waals surface area (Å²) in [6, 6.07) is 3.98. The molecule has 0 saturated heterocycles. The summed E-state index contributed by atoms with van der Waals surface area (Å²) in [5.74, 6) is -0.379. The second-order valence-corrected chi connectivity index (χ2v) is 8.41. The van der Waals surface area contributed by atoms with Crippen LogP contribution in [0.5, 0.6) is 0 Å². The van der Waals surface area contributed by atoms with Crippen molar-refractivity contribution in [3.8, 4) is 0 Å². The van der Waals surface area contributed by atoms with Gasteiger partial charge in [-0.3, -0.25) is 4.79 Å². The molecule has 6 nitrogen and oxygen atoms in total. The summed E-state index contributed by atoms with van der Waals surface area (Å²) >= 11 is 0. The fraction of sp³-hybridized carbons (Fsp3) is 0.519. The molecule has 33 heavy (non-hydrogen) atoms.